The Balaban J connectivity index is 1.81. The Morgan fingerprint density at radius 1 is 1.36 bits per heavy atom. The average Bonchev–Trinajstić information content (AvgIpc) is 3.32. The van der Waals surface area contributed by atoms with Crippen molar-refractivity contribution in [2.24, 2.45) is 0 Å². The highest BCUT2D eigenvalue weighted by Crippen LogP contribution is 2.41. The Morgan fingerprint density at radius 3 is 2.92 bits per heavy atom. The molecule has 0 spiro atoms. The van der Waals surface area contributed by atoms with Crippen LogP contribution >= 0.6 is 11.3 Å². The lowest BCUT2D eigenvalue weighted by Crippen LogP contribution is -2.31. The number of esters is 1. The quantitative estimate of drug-likeness (QED) is 0.729. The van der Waals surface area contributed by atoms with Crippen LogP contribution in [0.4, 0.5) is 0 Å². The second-order valence-electron chi connectivity index (χ2n) is 5.91. The van der Waals surface area contributed by atoms with Gasteiger partial charge in [0, 0.05) is 23.1 Å². The Kier molecular flexibility index (Phi) is 3.97. The Hall–Kier alpha value is -2.73. The maximum atomic E-state index is 12.1. The molecule has 1 atom stereocenters. The molecule has 0 bridgehead atoms. The smallest absolute Gasteiger partial charge is 0.359 e. The van der Waals surface area contributed by atoms with E-state index in [-0.39, 0.29) is 5.41 Å². The molecule has 0 fully saturated rings. The van der Waals surface area contributed by atoms with Crippen molar-refractivity contribution in [2.75, 3.05) is 6.61 Å². The maximum Gasteiger partial charge on any atom is 0.359 e. The lowest BCUT2D eigenvalue weighted by Gasteiger charge is -2.32. The predicted molar refractivity (Wildman–Crippen MR) is 96.6 cm³/mol. The van der Waals surface area contributed by atoms with Crippen LogP contribution in [0, 0.1) is 0 Å². The number of hydrogen-bond acceptors (Lipinski definition) is 5. The molecule has 0 saturated carbocycles. The molecule has 0 saturated heterocycles. The summed E-state index contributed by atoms with van der Waals surface area (Å²) in [6.45, 7) is 2.12. The summed E-state index contributed by atoms with van der Waals surface area (Å²) in [5.41, 5.74) is 5.70. The number of ether oxygens (including phenoxy) is 1. The van der Waals surface area contributed by atoms with Gasteiger partial charge in [-0.15, -0.1) is 11.3 Å². The minimum atomic E-state index is -0.398. The highest BCUT2D eigenvalue weighted by molar-refractivity contribution is 7.07. The van der Waals surface area contributed by atoms with Crippen LogP contribution in [0.2, 0.25) is 0 Å². The van der Waals surface area contributed by atoms with E-state index in [0.717, 1.165) is 22.5 Å². The van der Waals surface area contributed by atoms with Gasteiger partial charge in [0.2, 0.25) is 0 Å². The number of fused-ring (bicyclic) bond motifs is 1. The fourth-order valence-corrected chi connectivity index (χ4v) is 3.95. The van der Waals surface area contributed by atoms with E-state index >= 15 is 0 Å². The molecule has 1 N–H and O–H groups in total. The van der Waals surface area contributed by atoms with E-state index in [1.165, 1.54) is 0 Å². The Morgan fingerprint density at radius 2 is 2.20 bits per heavy atom. The number of nitrogens with zero attached hydrogens (tertiary/aromatic N) is 2. The van der Waals surface area contributed by atoms with Crippen molar-refractivity contribution in [2.45, 2.75) is 18.8 Å². The lowest BCUT2D eigenvalue weighted by atomic mass is 9.71. The number of allylic oxidation sites excluding steroid dienone is 1. The zero-order chi connectivity index (χ0) is 17.3. The van der Waals surface area contributed by atoms with Crippen molar-refractivity contribution >= 4 is 23.4 Å². The number of aromatic nitrogens is 3. The van der Waals surface area contributed by atoms with Gasteiger partial charge in [-0.2, -0.15) is 5.10 Å². The maximum absolute atomic E-state index is 12.1. The molecule has 5 nitrogen and oxygen atoms in total. The number of rotatable bonds is 4. The summed E-state index contributed by atoms with van der Waals surface area (Å²) < 4.78 is 5.10. The van der Waals surface area contributed by atoms with Crippen molar-refractivity contribution in [1.82, 2.24) is 15.2 Å². The highest BCUT2D eigenvalue weighted by atomic mass is 32.1. The molecular weight excluding hydrogens is 334 g/mol. The third-order valence-corrected chi connectivity index (χ3v) is 5.11. The zero-order valence-corrected chi connectivity index (χ0v) is 14.5. The van der Waals surface area contributed by atoms with Gasteiger partial charge < -0.3 is 4.74 Å². The molecule has 1 aromatic carbocycles. The molecule has 3 aromatic rings. The summed E-state index contributed by atoms with van der Waals surface area (Å²) >= 11 is 1.58. The van der Waals surface area contributed by atoms with Crippen molar-refractivity contribution in [1.29, 1.82) is 0 Å². The third kappa shape index (κ3) is 2.59. The Labute approximate surface area is 149 Å². The topological polar surface area (TPSA) is 67.9 Å². The van der Waals surface area contributed by atoms with Gasteiger partial charge in [0.25, 0.3) is 0 Å². The molecule has 1 aliphatic carbocycles. The summed E-state index contributed by atoms with van der Waals surface area (Å²) in [7, 11) is 0. The van der Waals surface area contributed by atoms with Gasteiger partial charge in [-0.05, 0) is 12.5 Å². The largest absolute Gasteiger partial charge is 0.461 e. The normalized spacial score (nSPS) is 18.8. The molecule has 4 rings (SSSR count). The molecule has 2 aromatic heterocycles. The second-order valence-corrected chi connectivity index (χ2v) is 6.62. The average molecular weight is 351 g/mol. The molecule has 126 valence electrons. The number of carbonyl (C=O) groups excluding carboxylic acids is 1. The van der Waals surface area contributed by atoms with Crippen LogP contribution in [0.3, 0.4) is 0 Å². The van der Waals surface area contributed by atoms with Crippen LogP contribution in [0.5, 0.6) is 0 Å². The van der Waals surface area contributed by atoms with E-state index in [4.69, 9.17) is 4.74 Å². The summed E-state index contributed by atoms with van der Waals surface area (Å²) in [6.07, 6.45) is 4.75. The first-order chi connectivity index (χ1) is 12.2. The molecular formula is C19H17N3O2S. The fourth-order valence-electron chi connectivity index (χ4n) is 3.31. The van der Waals surface area contributed by atoms with Gasteiger partial charge in [-0.25, -0.2) is 9.78 Å². The number of aromatic amines is 1. The van der Waals surface area contributed by atoms with Crippen LogP contribution in [0.25, 0.3) is 6.08 Å². The number of nitrogens with one attached hydrogen (secondary N) is 1. The van der Waals surface area contributed by atoms with Gasteiger partial charge >= 0.3 is 5.97 Å². The lowest BCUT2D eigenvalue weighted by molar-refractivity contribution is 0.0519. The van der Waals surface area contributed by atoms with E-state index in [2.05, 4.69) is 38.8 Å². The second kappa shape index (κ2) is 6.29. The highest BCUT2D eigenvalue weighted by Gasteiger charge is 2.38. The number of benzene rings is 1. The number of carbonyl (C=O) groups is 1. The van der Waals surface area contributed by atoms with Gasteiger partial charge in [0.1, 0.15) is 0 Å². The van der Waals surface area contributed by atoms with E-state index in [0.29, 0.717) is 18.7 Å². The molecule has 0 radical (unpaired) electrons. The molecule has 1 aliphatic rings. The molecule has 1 unspecified atom stereocenters. The van der Waals surface area contributed by atoms with Gasteiger partial charge in [0.05, 0.1) is 23.2 Å². The van der Waals surface area contributed by atoms with Crippen molar-refractivity contribution in [3.8, 4) is 0 Å². The number of hydrogen-bond donors (Lipinski definition) is 1. The molecule has 0 amide bonds. The van der Waals surface area contributed by atoms with E-state index in [1.807, 2.05) is 29.8 Å². The van der Waals surface area contributed by atoms with Crippen LogP contribution in [-0.2, 0) is 16.6 Å². The van der Waals surface area contributed by atoms with Crippen LogP contribution in [-0.4, -0.2) is 27.8 Å². The van der Waals surface area contributed by atoms with Crippen molar-refractivity contribution in [3.63, 3.8) is 0 Å². The minimum Gasteiger partial charge on any atom is -0.461 e. The molecule has 2 heterocycles. The SMILES string of the molecule is CCOC(=O)c1n[nH]c2c1C=CC(c1ccccc1)(c1cscn1)C2. The van der Waals surface area contributed by atoms with Crippen LogP contribution < -0.4 is 0 Å². The van der Waals surface area contributed by atoms with E-state index < -0.39 is 5.97 Å². The van der Waals surface area contributed by atoms with E-state index in [1.54, 1.807) is 18.3 Å². The first-order valence-electron chi connectivity index (χ1n) is 8.12. The van der Waals surface area contributed by atoms with Gasteiger partial charge in [0.15, 0.2) is 5.69 Å². The van der Waals surface area contributed by atoms with Crippen LogP contribution in [0.15, 0.2) is 47.3 Å². The first-order valence-corrected chi connectivity index (χ1v) is 9.06. The predicted octanol–water partition coefficient (Wildman–Crippen LogP) is 3.60. The fraction of sp³-hybridized carbons (Fsp3) is 0.211. The summed E-state index contributed by atoms with van der Waals surface area (Å²) in [5.74, 6) is -0.398. The van der Waals surface area contributed by atoms with Gasteiger partial charge in [-0.3, -0.25) is 5.10 Å². The minimum absolute atomic E-state index is 0.330. The molecule has 25 heavy (non-hydrogen) atoms. The summed E-state index contributed by atoms with van der Waals surface area (Å²) in [4.78, 5) is 16.7. The molecule has 6 heteroatoms. The van der Waals surface area contributed by atoms with E-state index in [9.17, 15) is 4.79 Å². The number of H-pyrrole nitrogens is 1. The number of thiazole rings is 1. The monoisotopic (exact) mass is 351 g/mol. The first kappa shape index (κ1) is 15.8. The Bertz CT molecular complexity index is 916. The van der Waals surface area contributed by atoms with Crippen molar-refractivity contribution < 1.29 is 9.53 Å². The molecule has 0 aliphatic heterocycles. The summed E-state index contributed by atoms with van der Waals surface area (Å²) in [5, 5.41) is 9.29. The van der Waals surface area contributed by atoms with Crippen molar-refractivity contribution in [3.05, 3.63) is 75.5 Å². The van der Waals surface area contributed by atoms with Crippen LogP contribution in [0.1, 0.15) is 39.9 Å². The summed E-state index contributed by atoms with van der Waals surface area (Å²) in [6, 6.07) is 10.3. The van der Waals surface area contributed by atoms with Gasteiger partial charge in [-0.1, -0.05) is 42.5 Å². The zero-order valence-electron chi connectivity index (χ0n) is 13.7. The standard InChI is InChI=1S/C19H17N3O2S/c1-2-24-18(23)17-14-8-9-19(10-15(14)21-22-17,16-11-25-12-20-16)13-6-4-3-5-7-13/h3-9,11-12H,2,10H2,1H3,(H,21,22). The third-order valence-electron chi connectivity index (χ3n) is 4.52.